The maximum Gasteiger partial charge on any atom is 0.251 e. The van der Waals surface area contributed by atoms with E-state index in [1.807, 2.05) is 18.2 Å². The first-order valence-corrected chi connectivity index (χ1v) is 8.14. The Morgan fingerprint density at radius 3 is 2.42 bits per heavy atom. The molecular weight excluding hydrogens is 307 g/mol. The standard InChI is InChI=1S/C19H21FN2O2/c20-17-8-6-16(7-9-17)19(23)21-14-18(15-4-2-1-3-5-15)22-10-12-24-13-11-22/h1-9,18H,10-14H2,(H,21,23)/t18-/m0/s1. The van der Waals surface area contributed by atoms with Crippen molar-refractivity contribution in [1.82, 2.24) is 10.2 Å². The highest BCUT2D eigenvalue weighted by Gasteiger charge is 2.23. The number of amides is 1. The Morgan fingerprint density at radius 2 is 1.75 bits per heavy atom. The molecule has 24 heavy (non-hydrogen) atoms. The number of ether oxygens (including phenoxy) is 1. The largest absolute Gasteiger partial charge is 0.379 e. The summed E-state index contributed by atoms with van der Waals surface area (Å²) in [5.74, 6) is -0.536. The Morgan fingerprint density at radius 1 is 1.08 bits per heavy atom. The molecule has 0 aromatic heterocycles. The van der Waals surface area contributed by atoms with Gasteiger partial charge in [-0.25, -0.2) is 4.39 Å². The molecule has 4 nitrogen and oxygen atoms in total. The van der Waals surface area contributed by atoms with Crippen molar-refractivity contribution in [3.8, 4) is 0 Å². The summed E-state index contributed by atoms with van der Waals surface area (Å²) in [6, 6.07) is 15.8. The van der Waals surface area contributed by atoms with Gasteiger partial charge in [-0.1, -0.05) is 30.3 Å². The van der Waals surface area contributed by atoms with Crippen LogP contribution < -0.4 is 5.32 Å². The maximum absolute atomic E-state index is 13.0. The number of hydrogen-bond acceptors (Lipinski definition) is 3. The van der Waals surface area contributed by atoms with Crippen LogP contribution in [0.3, 0.4) is 0 Å². The van der Waals surface area contributed by atoms with Crippen LogP contribution in [0.15, 0.2) is 54.6 Å². The molecule has 3 rings (SSSR count). The number of benzene rings is 2. The second-order valence-electron chi connectivity index (χ2n) is 5.79. The van der Waals surface area contributed by atoms with Gasteiger partial charge in [0, 0.05) is 25.2 Å². The Labute approximate surface area is 141 Å². The first kappa shape index (κ1) is 16.6. The molecule has 0 bridgehead atoms. The lowest BCUT2D eigenvalue weighted by molar-refractivity contribution is 0.0162. The first-order chi connectivity index (χ1) is 11.7. The average molecular weight is 328 g/mol. The van der Waals surface area contributed by atoms with Crippen molar-refractivity contribution in [2.45, 2.75) is 6.04 Å². The van der Waals surface area contributed by atoms with Gasteiger partial charge in [0.15, 0.2) is 0 Å². The van der Waals surface area contributed by atoms with Crippen LogP contribution in [0.5, 0.6) is 0 Å². The fourth-order valence-corrected chi connectivity index (χ4v) is 2.91. The van der Waals surface area contributed by atoms with Gasteiger partial charge in [-0.15, -0.1) is 0 Å². The minimum Gasteiger partial charge on any atom is -0.379 e. The summed E-state index contributed by atoms with van der Waals surface area (Å²) in [5, 5.41) is 2.97. The number of hydrogen-bond donors (Lipinski definition) is 1. The van der Waals surface area contributed by atoms with Crippen molar-refractivity contribution in [1.29, 1.82) is 0 Å². The molecule has 0 spiro atoms. The molecule has 1 amide bonds. The molecule has 5 heteroatoms. The van der Waals surface area contributed by atoms with Gasteiger partial charge in [0.25, 0.3) is 5.91 Å². The number of halogens is 1. The summed E-state index contributed by atoms with van der Waals surface area (Å²) in [6.45, 7) is 3.59. The molecule has 0 saturated carbocycles. The molecule has 0 aliphatic carbocycles. The van der Waals surface area contributed by atoms with Crippen LogP contribution in [0.1, 0.15) is 22.0 Å². The van der Waals surface area contributed by atoms with E-state index in [0.717, 1.165) is 13.1 Å². The molecule has 1 saturated heterocycles. The van der Waals surface area contributed by atoms with E-state index >= 15 is 0 Å². The molecule has 126 valence electrons. The lowest BCUT2D eigenvalue weighted by atomic mass is 10.0. The number of carbonyl (C=O) groups excluding carboxylic acids is 1. The van der Waals surface area contributed by atoms with Crippen molar-refractivity contribution >= 4 is 5.91 Å². The molecule has 1 atom stereocenters. The molecule has 1 aliphatic rings. The number of nitrogens with zero attached hydrogens (tertiary/aromatic N) is 1. The Kier molecular flexibility index (Phi) is 5.56. The number of rotatable bonds is 5. The number of morpholine rings is 1. The second-order valence-corrected chi connectivity index (χ2v) is 5.79. The van der Waals surface area contributed by atoms with Crippen LogP contribution in [0.2, 0.25) is 0 Å². The number of nitrogens with one attached hydrogen (secondary N) is 1. The minimum atomic E-state index is -0.345. The van der Waals surface area contributed by atoms with Gasteiger partial charge in [-0.05, 0) is 29.8 Å². The van der Waals surface area contributed by atoms with Crippen LogP contribution in [-0.4, -0.2) is 43.7 Å². The van der Waals surface area contributed by atoms with E-state index in [-0.39, 0.29) is 17.8 Å². The molecule has 2 aromatic rings. The lowest BCUT2D eigenvalue weighted by Crippen LogP contribution is -2.43. The van der Waals surface area contributed by atoms with Gasteiger partial charge in [-0.3, -0.25) is 9.69 Å². The van der Waals surface area contributed by atoms with Crippen molar-refractivity contribution in [3.05, 3.63) is 71.5 Å². The molecule has 1 heterocycles. The smallest absolute Gasteiger partial charge is 0.251 e. The third-order valence-corrected chi connectivity index (χ3v) is 4.23. The Bertz CT molecular complexity index is 655. The monoisotopic (exact) mass is 328 g/mol. The van der Waals surface area contributed by atoms with E-state index in [1.165, 1.54) is 29.8 Å². The summed E-state index contributed by atoms with van der Waals surface area (Å²) < 4.78 is 18.4. The molecule has 0 radical (unpaired) electrons. The summed E-state index contributed by atoms with van der Waals surface area (Å²) in [5.41, 5.74) is 1.63. The predicted octanol–water partition coefficient (Wildman–Crippen LogP) is 2.63. The molecule has 1 N–H and O–H groups in total. The molecular formula is C19H21FN2O2. The van der Waals surface area contributed by atoms with Crippen LogP contribution in [0, 0.1) is 5.82 Å². The predicted molar refractivity (Wildman–Crippen MR) is 90.3 cm³/mol. The van der Waals surface area contributed by atoms with Crippen molar-refractivity contribution in [3.63, 3.8) is 0 Å². The zero-order valence-electron chi connectivity index (χ0n) is 13.5. The van der Waals surface area contributed by atoms with Crippen molar-refractivity contribution in [2.75, 3.05) is 32.8 Å². The SMILES string of the molecule is O=C(NC[C@@H](c1ccccc1)N1CCOCC1)c1ccc(F)cc1. The summed E-state index contributed by atoms with van der Waals surface area (Å²) >= 11 is 0. The lowest BCUT2D eigenvalue weighted by Gasteiger charge is -2.35. The van der Waals surface area contributed by atoms with E-state index in [0.29, 0.717) is 25.3 Å². The van der Waals surface area contributed by atoms with E-state index in [9.17, 15) is 9.18 Å². The van der Waals surface area contributed by atoms with Crippen molar-refractivity contribution < 1.29 is 13.9 Å². The fourth-order valence-electron chi connectivity index (χ4n) is 2.91. The van der Waals surface area contributed by atoms with Gasteiger partial charge >= 0.3 is 0 Å². The zero-order valence-corrected chi connectivity index (χ0v) is 13.5. The van der Waals surface area contributed by atoms with Crippen LogP contribution >= 0.6 is 0 Å². The van der Waals surface area contributed by atoms with E-state index < -0.39 is 0 Å². The summed E-state index contributed by atoms with van der Waals surface area (Å²) in [4.78, 5) is 14.6. The molecule has 1 aliphatic heterocycles. The topological polar surface area (TPSA) is 41.6 Å². The first-order valence-electron chi connectivity index (χ1n) is 8.14. The average Bonchev–Trinajstić information content (AvgIpc) is 2.64. The summed E-state index contributed by atoms with van der Waals surface area (Å²) in [7, 11) is 0. The Hall–Kier alpha value is -2.24. The van der Waals surface area contributed by atoms with Gasteiger partial charge in [0.1, 0.15) is 5.82 Å². The molecule has 1 fully saturated rings. The van der Waals surface area contributed by atoms with E-state index in [2.05, 4.69) is 22.3 Å². The minimum absolute atomic E-state index is 0.0968. The highest BCUT2D eigenvalue weighted by atomic mass is 19.1. The molecule has 0 unspecified atom stereocenters. The third kappa shape index (κ3) is 4.19. The van der Waals surface area contributed by atoms with E-state index in [1.54, 1.807) is 0 Å². The fraction of sp³-hybridized carbons (Fsp3) is 0.316. The van der Waals surface area contributed by atoms with Gasteiger partial charge in [0.2, 0.25) is 0 Å². The normalized spacial score (nSPS) is 16.5. The molecule has 2 aromatic carbocycles. The zero-order chi connectivity index (χ0) is 16.8. The highest BCUT2D eigenvalue weighted by molar-refractivity contribution is 5.94. The van der Waals surface area contributed by atoms with E-state index in [4.69, 9.17) is 4.74 Å². The Balaban J connectivity index is 1.69. The second kappa shape index (κ2) is 8.04. The third-order valence-electron chi connectivity index (χ3n) is 4.23. The van der Waals surface area contributed by atoms with Crippen LogP contribution in [-0.2, 0) is 4.74 Å². The quantitative estimate of drug-likeness (QED) is 0.917. The van der Waals surface area contributed by atoms with Crippen molar-refractivity contribution in [2.24, 2.45) is 0 Å². The highest BCUT2D eigenvalue weighted by Crippen LogP contribution is 2.21. The van der Waals surface area contributed by atoms with Gasteiger partial charge in [0.05, 0.1) is 19.3 Å². The summed E-state index contributed by atoms with van der Waals surface area (Å²) in [6.07, 6.45) is 0. The van der Waals surface area contributed by atoms with Crippen LogP contribution in [0.4, 0.5) is 4.39 Å². The number of carbonyl (C=O) groups is 1. The van der Waals surface area contributed by atoms with Crippen LogP contribution in [0.25, 0.3) is 0 Å². The van der Waals surface area contributed by atoms with Gasteiger partial charge in [-0.2, -0.15) is 0 Å². The maximum atomic E-state index is 13.0. The van der Waals surface area contributed by atoms with Gasteiger partial charge < -0.3 is 10.1 Å².